The Hall–Kier alpha value is -1.10. The molecule has 19 heavy (non-hydrogen) atoms. The lowest BCUT2D eigenvalue weighted by Gasteiger charge is -2.29. The van der Waals surface area contributed by atoms with Crippen LogP contribution in [0.15, 0.2) is 0 Å². The van der Waals surface area contributed by atoms with Gasteiger partial charge in [-0.25, -0.2) is 0 Å². The zero-order chi connectivity index (χ0) is 14.7. The van der Waals surface area contributed by atoms with E-state index in [9.17, 15) is 9.59 Å². The van der Waals surface area contributed by atoms with Crippen molar-refractivity contribution in [2.75, 3.05) is 13.1 Å². The normalized spacial score (nSPS) is 18.6. The van der Waals surface area contributed by atoms with Crippen LogP contribution >= 0.6 is 0 Å². The largest absolute Gasteiger partial charge is 0.355 e. The van der Waals surface area contributed by atoms with Crippen molar-refractivity contribution in [1.29, 1.82) is 0 Å². The van der Waals surface area contributed by atoms with Gasteiger partial charge in [-0.15, -0.1) is 0 Å². The minimum absolute atomic E-state index is 0.0379. The van der Waals surface area contributed by atoms with Crippen molar-refractivity contribution < 1.29 is 9.59 Å². The first kappa shape index (κ1) is 16.0. The van der Waals surface area contributed by atoms with Crippen molar-refractivity contribution in [1.82, 2.24) is 10.6 Å². The van der Waals surface area contributed by atoms with Gasteiger partial charge in [-0.3, -0.25) is 9.59 Å². The molecule has 0 aromatic heterocycles. The van der Waals surface area contributed by atoms with Crippen LogP contribution < -0.4 is 16.4 Å². The molecule has 110 valence electrons. The number of nitrogens with two attached hydrogens (primary N) is 1. The number of carbonyl (C=O) groups excluding carboxylic acids is 2. The number of hydrogen-bond donors (Lipinski definition) is 3. The minimum Gasteiger partial charge on any atom is -0.355 e. The van der Waals surface area contributed by atoms with Crippen LogP contribution in [0.2, 0.25) is 0 Å². The van der Waals surface area contributed by atoms with E-state index >= 15 is 0 Å². The number of amides is 2. The molecule has 5 heteroatoms. The van der Waals surface area contributed by atoms with Gasteiger partial charge in [-0.1, -0.05) is 20.8 Å². The van der Waals surface area contributed by atoms with Crippen LogP contribution in [0.1, 0.15) is 47.0 Å². The van der Waals surface area contributed by atoms with Gasteiger partial charge in [0, 0.05) is 24.9 Å². The summed E-state index contributed by atoms with van der Waals surface area (Å²) in [5, 5.41) is 5.77. The van der Waals surface area contributed by atoms with Gasteiger partial charge in [0.15, 0.2) is 0 Å². The average molecular weight is 269 g/mol. The molecule has 0 aromatic carbocycles. The van der Waals surface area contributed by atoms with E-state index in [4.69, 9.17) is 5.73 Å². The molecule has 0 spiro atoms. The second kappa shape index (κ2) is 5.90. The van der Waals surface area contributed by atoms with Crippen LogP contribution in [-0.2, 0) is 9.59 Å². The summed E-state index contributed by atoms with van der Waals surface area (Å²) in [5.74, 6) is 0.420. The van der Waals surface area contributed by atoms with Crippen molar-refractivity contribution in [2.45, 2.75) is 52.5 Å². The zero-order valence-electron chi connectivity index (χ0n) is 12.5. The summed E-state index contributed by atoms with van der Waals surface area (Å²) < 4.78 is 0. The fourth-order valence-electron chi connectivity index (χ4n) is 1.98. The molecule has 1 rings (SSSR count). The van der Waals surface area contributed by atoms with Gasteiger partial charge in [0.2, 0.25) is 11.8 Å². The number of carbonyl (C=O) groups is 2. The highest BCUT2D eigenvalue weighted by Gasteiger charge is 2.41. The first-order chi connectivity index (χ1) is 8.69. The van der Waals surface area contributed by atoms with E-state index in [1.165, 1.54) is 0 Å². The summed E-state index contributed by atoms with van der Waals surface area (Å²) in [6, 6.07) is 0. The van der Waals surface area contributed by atoms with Crippen LogP contribution in [0.25, 0.3) is 0 Å². The Bertz CT molecular complexity index is 345. The van der Waals surface area contributed by atoms with Crippen molar-refractivity contribution in [3.05, 3.63) is 0 Å². The molecule has 2 amide bonds. The first-order valence-corrected chi connectivity index (χ1v) is 6.98. The maximum Gasteiger partial charge on any atom is 0.225 e. The first-order valence-electron chi connectivity index (χ1n) is 6.98. The molecule has 1 saturated carbocycles. The third kappa shape index (κ3) is 4.82. The Morgan fingerprint density at radius 2 is 1.79 bits per heavy atom. The number of nitrogens with one attached hydrogen (secondary N) is 2. The van der Waals surface area contributed by atoms with E-state index < -0.39 is 5.41 Å². The van der Waals surface area contributed by atoms with Gasteiger partial charge in [0.25, 0.3) is 0 Å². The lowest BCUT2D eigenvalue weighted by molar-refractivity contribution is -0.128. The van der Waals surface area contributed by atoms with Crippen molar-refractivity contribution >= 4 is 11.8 Å². The standard InChI is InChI=1S/C14H27N3O2/c1-13(2,3)12(19)16-8-7-11(18)17-14(4,9-15)10-5-6-10/h10H,5-9,15H2,1-4H3,(H,16,19)(H,17,18). The van der Waals surface area contributed by atoms with Gasteiger partial charge < -0.3 is 16.4 Å². The van der Waals surface area contributed by atoms with Crippen LogP contribution in [0.3, 0.4) is 0 Å². The van der Waals surface area contributed by atoms with Crippen LogP contribution in [0, 0.1) is 11.3 Å². The third-order valence-electron chi connectivity index (χ3n) is 3.65. The summed E-state index contributed by atoms with van der Waals surface area (Å²) in [4.78, 5) is 23.5. The van der Waals surface area contributed by atoms with E-state index in [0.29, 0.717) is 25.4 Å². The Morgan fingerprint density at radius 3 is 2.21 bits per heavy atom. The highest BCUT2D eigenvalue weighted by Crippen LogP contribution is 2.38. The maximum atomic E-state index is 11.9. The predicted molar refractivity (Wildman–Crippen MR) is 75.4 cm³/mol. The molecular formula is C14H27N3O2. The maximum absolute atomic E-state index is 11.9. The molecule has 1 aliphatic carbocycles. The molecule has 4 N–H and O–H groups in total. The molecule has 0 bridgehead atoms. The van der Waals surface area contributed by atoms with E-state index in [1.54, 1.807) is 0 Å². The van der Waals surface area contributed by atoms with Crippen LogP contribution in [0.4, 0.5) is 0 Å². The molecule has 0 heterocycles. The molecule has 0 radical (unpaired) electrons. The topological polar surface area (TPSA) is 84.2 Å². The van der Waals surface area contributed by atoms with Gasteiger partial charge in [-0.05, 0) is 25.7 Å². The number of rotatable bonds is 6. The molecule has 1 unspecified atom stereocenters. The highest BCUT2D eigenvalue weighted by molar-refractivity contribution is 5.82. The summed E-state index contributed by atoms with van der Waals surface area (Å²) in [6.07, 6.45) is 2.56. The van der Waals surface area contributed by atoms with Crippen LogP contribution in [0.5, 0.6) is 0 Å². The molecule has 0 aliphatic heterocycles. The number of hydrogen-bond acceptors (Lipinski definition) is 3. The van der Waals surface area contributed by atoms with Gasteiger partial charge in [-0.2, -0.15) is 0 Å². The minimum atomic E-state index is -0.420. The second-order valence-electron chi connectivity index (χ2n) is 6.70. The van der Waals surface area contributed by atoms with E-state index in [-0.39, 0.29) is 17.4 Å². The monoisotopic (exact) mass is 269 g/mol. The molecule has 5 nitrogen and oxygen atoms in total. The Balaban J connectivity index is 2.30. The fraction of sp³-hybridized carbons (Fsp3) is 0.857. The van der Waals surface area contributed by atoms with E-state index in [1.807, 2.05) is 27.7 Å². The summed E-state index contributed by atoms with van der Waals surface area (Å²) >= 11 is 0. The molecule has 0 saturated heterocycles. The van der Waals surface area contributed by atoms with E-state index in [2.05, 4.69) is 10.6 Å². The molecule has 1 aliphatic rings. The van der Waals surface area contributed by atoms with Gasteiger partial charge in [0.1, 0.15) is 0 Å². The molecule has 0 aromatic rings. The summed E-state index contributed by atoms with van der Waals surface area (Å²) in [7, 11) is 0. The second-order valence-corrected chi connectivity index (χ2v) is 6.70. The summed E-state index contributed by atoms with van der Waals surface area (Å²) in [5.41, 5.74) is 5.04. The summed E-state index contributed by atoms with van der Waals surface area (Å²) in [6.45, 7) is 8.37. The SMILES string of the molecule is CC(C)(C)C(=O)NCCC(=O)NC(C)(CN)C1CC1. The quantitative estimate of drug-likeness (QED) is 0.666. The van der Waals surface area contributed by atoms with Crippen molar-refractivity contribution in [3.8, 4) is 0 Å². The molecule has 1 atom stereocenters. The van der Waals surface area contributed by atoms with Gasteiger partial charge in [0.05, 0.1) is 5.54 Å². The van der Waals surface area contributed by atoms with E-state index in [0.717, 1.165) is 12.8 Å². The Labute approximate surface area is 115 Å². The van der Waals surface area contributed by atoms with Gasteiger partial charge >= 0.3 is 0 Å². The Morgan fingerprint density at radius 1 is 1.21 bits per heavy atom. The smallest absolute Gasteiger partial charge is 0.225 e. The molecular weight excluding hydrogens is 242 g/mol. The highest BCUT2D eigenvalue weighted by atomic mass is 16.2. The van der Waals surface area contributed by atoms with Crippen molar-refractivity contribution in [2.24, 2.45) is 17.1 Å². The zero-order valence-corrected chi connectivity index (χ0v) is 12.5. The Kier molecular flexibility index (Phi) is 4.96. The van der Waals surface area contributed by atoms with Crippen LogP contribution in [-0.4, -0.2) is 30.4 Å². The fourth-order valence-corrected chi connectivity index (χ4v) is 1.98. The predicted octanol–water partition coefficient (Wildman–Crippen LogP) is 0.782. The molecule has 1 fully saturated rings. The third-order valence-corrected chi connectivity index (χ3v) is 3.65. The lowest BCUT2D eigenvalue weighted by atomic mass is 9.95. The lowest BCUT2D eigenvalue weighted by Crippen LogP contribution is -2.53. The average Bonchev–Trinajstić information content (AvgIpc) is 3.11. The van der Waals surface area contributed by atoms with Crippen molar-refractivity contribution in [3.63, 3.8) is 0 Å².